The number of aromatic nitrogens is 2. The van der Waals surface area contributed by atoms with Crippen LogP contribution in [0.4, 0.5) is 0 Å². The lowest BCUT2D eigenvalue weighted by atomic mass is 9.83. The minimum absolute atomic E-state index is 0.0132. The third-order valence-corrected chi connectivity index (χ3v) is 6.71. The fourth-order valence-electron chi connectivity index (χ4n) is 5.26. The first kappa shape index (κ1) is 17.6. The molecule has 0 saturated carbocycles. The molecule has 0 bridgehead atoms. The number of hydrogen-bond acceptors (Lipinski definition) is 2. The number of benzene rings is 2. The Labute approximate surface area is 177 Å². The van der Waals surface area contributed by atoms with Crippen LogP contribution in [-0.4, -0.2) is 9.97 Å². The Morgan fingerprint density at radius 3 is 1.30 bits per heavy atom. The summed E-state index contributed by atoms with van der Waals surface area (Å²) in [5, 5.41) is 4.89. The molecule has 0 N–H and O–H groups in total. The maximum atomic E-state index is 5.19. The minimum atomic E-state index is -0.0132. The first-order valence-corrected chi connectivity index (χ1v) is 10.6. The topological polar surface area (TPSA) is 25.8 Å². The number of allylic oxidation sites excluding steroid dienone is 2. The molecule has 0 unspecified atom stereocenters. The highest BCUT2D eigenvalue weighted by Crippen LogP contribution is 2.45. The van der Waals surface area contributed by atoms with Crippen LogP contribution in [0.5, 0.6) is 0 Å². The zero-order valence-electron chi connectivity index (χ0n) is 17.8. The molecule has 0 atom stereocenters. The average molecular weight is 389 g/mol. The zero-order valence-corrected chi connectivity index (χ0v) is 17.8. The van der Waals surface area contributed by atoms with Gasteiger partial charge in [0.15, 0.2) is 0 Å². The summed E-state index contributed by atoms with van der Waals surface area (Å²) < 4.78 is 0. The molecule has 6 rings (SSSR count). The van der Waals surface area contributed by atoms with E-state index in [2.05, 4.69) is 101 Å². The van der Waals surface area contributed by atoms with Crippen molar-refractivity contribution in [3.63, 3.8) is 0 Å². The van der Waals surface area contributed by atoms with E-state index >= 15 is 0 Å². The first-order valence-electron chi connectivity index (χ1n) is 10.6. The number of rotatable bonds is 1. The van der Waals surface area contributed by atoms with Gasteiger partial charge in [0.05, 0.1) is 22.8 Å². The van der Waals surface area contributed by atoms with Crippen LogP contribution in [0.3, 0.4) is 0 Å². The van der Waals surface area contributed by atoms with Crippen molar-refractivity contribution in [3.05, 3.63) is 83.2 Å². The number of pyridine rings is 2. The van der Waals surface area contributed by atoms with E-state index < -0.39 is 0 Å². The van der Waals surface area contributed by atoms with Crippen LogP contribution in [0, 0.1) is 0 Å². The van der Waals surface area contributed by atoms with Crippen LogP contribution in [0.1, 0.15) is 50.2 Å². The molecule has 2 heterocycles. The Balaban J connectivity index is 1.76. The fraction of sp³-hybridized carbons (Fsp3) is 0.214. The van der Waals surface area contributed by atoms with Crippen molar-refractivity contribution in [2.24, 2.45) is 0 Å². The van der Waals surface area contributed by atoms with Gasteiger partial charge in [-0.3, -0.25) is 0 Å². The van der Waals surface area contributed by atoms with Gasteiger partial charge in [-0.2, -0.15) is 0 Å². The van der Waals surface area contributed by atoms with E-state index in [0.29, 0.717) is 0 Å². The van der Waals surface area contributed by atoms with E-state index in [1.807, 2.05) is 0 Å². The summed E-state index contributed by atoms with van der Waals surface area (Å²) in [6.45, 7) is 9.05. The van der Waals surface area contributed by atoms with Crippen LogP contribution in [0.15, 0.2) is 60.7 Å². The van der Waals surface area contributed by atoms with E-state index in [0.717, 1.165) is 22.8 Å². The monoisotopic (exact) mass is 388 g/mol. The first-order chi connectivity index (χ1) is 14.4. The van der Waals surface area contributed by atoms with E-state index in [1.165, 1.54) is 32.7 Å². The van der Waals surface area contributed by atoms with Gasteiger partial charge in [-0.05, 0) is 34.1 Å². The summed E-state index contributed by atoms with van der Waals surface area (Å²) >= 11 is 0. The third kappa shape index (κ3) is 2.25. The smallest absolute Gasteiger partial charge is 0.0978 e. The van der Waals surface area contributed by atoms with Gasteiger partial charge in [-0.25, -0.2) is 9.97 Å². The molecular weight excluding hydrogens is 364 g/mol. The summed E-state index contributed by atoms with van der Waals surface area (Å²) in [4.78, 5) is 10.4. The lowest BCUT2D eigenvalue weighted by Gasteiger charge is -2.23. The zero-order chi connectivity index (χ0) is 20.7. The van der Waals surface area contributed by atoms with Crippen molar-refractivity contribution in [2.75, 3.05) is 0 Å². The second-order valence-corrected chi connectivity index (χ2v) is 9.64. The molecular formula is C28H24N2. The SMILES string of the molecule is CC1(C)C=Cc2nc(-c3nc4c(c5ccccc35)C(C)(C)C=C4)c3ccccc3c21. The molecule has 0 fully saturated rings. The van der Waals surface area contributed by atoms with Crippen LogP contribution >= 0.6 is 0 Å². The van der Waals surface area contributed by atoms with Crippen molar-refractivity contribution in [3.8, 4) is 11.4 Å². The van der Waals surface area contributed by atoms with Gasteiger partial charge < -0.3 is 0 Å². The normalized spacial score (nSPS) is 17.6. The number of fused-ring (bicyclic) bond motifs is 6. The molecule has 0 radical (unpaired) electrons. The molecule has 4 aromatic rings. The quantitative estimate of drug-likeness (QED) is 0.349. The average Bonchev–Trinajstić information content (AvgIpc) is 3.22. The van der Waals surface area contributed by atoms with E-state index in [4.69, 9.17) is 9.97 Å². The van der Waals surface area contributed by atoms with E-state index in [1.54, 1.807) is 0 Å². The minimum Gasteiger partial charge on any atom is -0.246 e. The molecule has 2 heteroatoms. The van der Waals surface area contributed by atoms with E-state index in [-0.39, 0.29) is 10.8 Å². The Kier molecular flexibility index (Phi) is 3.32. The van der Waals surface area contributed by atoms with E-state index in [9.17, 15) is 0 Å². The fourth-order valence-corrected chi connectivity index (χ4v) is 5.26. The predicted molar refractivity (Wildman–Crippen MR) is 127 cm³/mol. The molecule has 0 amide bonds. The summed E-state index contributed by atoms with van der Waals surface area (Å²) in [6, 6.07) is 17.3. The second kappa shape index (κ2) is 5.66. The van der Waals surface area contributed by atoms with Gasteiger partial charge in [0.2, 0.25) is 0 Å². The maximum absolute atomic E-state index is 5.19. The van der Waals surface area contributed by atoms with Crippen molar-refractivity contribution < 1.29 is 0 Å². The molecule has 2 nitrogen and oxygen atoms in total. The Bertz CT molecular complexity index is 1320. The van der Waals surface area contributed by atoms with Crippen LogP contribution in [0.25, 0.3) is 45.1 Å². The maximum Gasteiger partial charge on any atom is 0.0978 e. The standard InChI is InChI=1S/C28H24N2/c1-27(2)15-13-21-23(27)17-9-5-7-11-19(17)25(29-21)26-20-12-8-6-10-18(20)24-22(30-26)14-16-28(24,3)4/h5-16H,1-4H3. The van der Waals surface area contributed by atoms with Crippen molar-refractivity contribution >= 4 is 33.7 Å². The second-order valence-electron chi connectivity index (χ2n) is 9.64. The molecule has 2 aliphatic carbocycles. The largest absolute Gasteiger partial charge is 0.246 e. The molecule has 0 aliphatic heterocycles. The Morgan fingerprint density at radius 2 is 0.900 bits per heavy atom. The number of hydrogen-bond donors (Lipinski definition) is 0. The predicted octanol–water partition coefficient (Wildman–Crippen LogP) is 7.06. The van der Waals surface area contributed by atoms with Crippen molar-refractivity contribution in [1.29, 1.82) is 0 Å². The highest BCUT2D eigenvalue weighted by atomic mass is 14.8. The molecule has 2 aromatic heterocycles. The summed E-state index contributed by atoms with van der Waals surface area (Å²) in [5.74, 6) is 0. The third-order valence-electron chi connectivity index (χ3n) is 6.71. The molecule has 146 valence electrons. The van der Waals surface area contributed by atoms with Gasteiger partial charge in [0, 0.05) is 21.6 Å². The van der Waals surface area contributed by atoms with Gasteiger partial charge in [-0.15, -0.1) is 0 Å². The van der Waals surface area contributed by atoms with Gasteiger partial charge in [0.25, 0.3) is 0 Å². The molecule has 2 aliphatic rings. The molecule has 2 aromatic carbocycles. The summed E-state index contributed by atoms with van der Waals surface area (Å²) in [5.41, 5.74) is 6.68. The summed E-state index contributed by atoms with van der Waals surface area (Å²) in [7, 11) is 0. The highest BCUT2D eigenvalue weighted by molar-refractivity contribution is 6.06. The summed E-state index contributed by atoms with van der Waals surface area (Å²) in [6.07, 6.45) is 8.87. The van der Waals surface area contributed by atoms with Gasteiger partial charge >= 0.3 is 0 Å². The van der Waals surface area contributed by atoms with Crippen molar-refractivity contribution in [1.82, 2.24) is 9.97 Å². The number of nitrogens with zero attached hydrogens (tertiary/aromatic N) is 2. The molecule has 0 spiro atoms. The van der Waals surface area contributed by atoms with Gasteiger partial charge in [0.1, 0.15) is 0 Å². The van der Waals surface area contributed by atoms with Crippen LogP contribution in [0.2, 0.25) is 0 Å². The van der Waals surface area contributed by atoms with Crippen molar-refractivity contribution in [2.45, 2.75) is 38.5 Å². The molecule has 0 saturated heterocycles. The lowest BCUT2D eigenvalue weighted by molar-refractivity contribution is 0.687. The lowest BCUT2D eigenvalue weighted by Crippen LogP contribution is -2.14. The van der Waals surface area contributed by atoms with Crippen LogP contribution < -0.4 is 0 Å². The van der Waals surface area contributed by atoms with Crippen LogP contribution in [-0.2, 0) is 10.8 Å². The van der Waals surface area contributed by atoms with Gasteiger partial charge in [-0.1, -0.05) is 88.4 Å². The Hall–Kier alpha value is -3.26. The highest BCUT2D eigenvalue weighted by Gasteiger charge is 2.32. The Morgan fingerprint density at radius 1 is 0.533 bits per heavy atom. The molecule has 30 heavy (non-hydrogen) atoms.